The molecule has 1 amide bonds. The minimum absolute atomic E-state index is 0.00541. The molecular weight excluding hydrogens is 302 g/mol. The van der Waals surface area contributed by atoms with E-state index in [1.54, 1.807) is 0 Å². The van der Waals surface area contributed by atoms with Crippen LogP contribution in [-0.4, -0.2) is 22.2 Å². The molecule has 2 N–H and O–H groups in total. The van der Waals surface area contributed by atoms with Gasteiger partial charge in [0.1, 0.15) is 4.75 Å². The number of nitrogens with zero attached hydrogens (tertiary/aromatic N) is 1. The van der Waals surface area contributed by atoms with Crippen molar-refractivity contribution < 1.29 is 4.79 Å². The highest BCUT2D eigenvalue weighted by atomic mass is 32.2. The summed E-state index contributed by atoms with van der Waals surface area (Å²) in [7, 11) is 0. The second-order valence-corrected chi connectivity index (χ2v) is 8.97. The van der Waals surface area contributed by atoms with Gasteiger partial charge in [-0.3, -0.25) is 9.52 Å². The Morgan fingerprint density at radius 2 is 2.00 bits per heavy atom. The predicted molar refractivity (Wildman–Crippen MR) is 94.0 cm³/mol. The van der Waals surface area contributed by atoms with Gasteiger partial charge in [0.15, 0.2) is 5.13 Å². The van der Waals surface area contributed by atoms with Crippen LogP contribution in [0.4, 0.5) is 5.13 Å². The Kier molecular flexibility index (Phi) is 6.69. The molecule has 0 saturated heterocycles. The maximum atomic E-state index is 12.4. The second-order valence-electron chi connectivity index (χ2n) is 6.60. The van der Waals surface area contributed by atoms with Gasteiger partial charge < -0.3 is 5.32 Å². The van der Waals surface area contributed by atoms with Gasteiger partial charge in [0.2, 0.25) is 5.91 Å². The lowest BCUT2D eigenvalue weighted by atomic mass is 9.93. The van der Waals surface area contributed by atoms with Gasteiger partial charge in [0.25, 0.3) is 0 Å². The Bertz CT molecular complexity index is 464. The van der Waals surface area contributed by atoms with Crippen molar-refractivity contribution in [3.63, 3.8) is 0 Å². The lowest BCUT2D eigenvalue weighted by Gasteiger charge is -2.22. The van der Waals surface area contributed by atoms with Crippen molar-refractivity contribution in [2.24, 2.45) is 0 Å². The number of nitrogens with one attached hydrogen (secondary N) is 2. The van der Waals surface area contributed by atoms with E-state index in [9.17, 15) is 4.79 Å². The fourth-order valence-corrected chi connectivity index (χ4v) is 3.13. The molecule has 0 aliphatic carbocycles. The smallest absolute Gasteiger partial charge is 0.243 e. The van der Waals surface area contributed by atoms with Gasteiger partial charge in [0.05, 0.1) is 5.69 Å². The summed E-state index contributed by atoms with van der Waals surface area (Å²) in [4.78, 5) is 16.9. The molecule has 1 rings (SSSR count). The van der Waals surface area contributed by atoms with Crippen molar-refractivity contribution in [3.05, 3.63) is 11.1 Å². The number of carbonyl (C=O) groups excluding carboxylic acids is 1. The third-order valence-corrected chi connectivity index (χ3v) is 4.80. The van der Waals surface area contributed by atoms with E-state index in [4.69, 9.17) is 0 Å². The zero-order valence-electron chi connectivity index (χ0n) is 13.9. The van der Waals surface area contributed by atoms with Crippen molar-refractivity contribution in [2.75, 3.05) is 11.9 Å². The van der Waals surface area contributed by atoms with Crippen LogP contribution in [0.15, 0.2) is 5.38 Å². The molecule has 0 aromatic carbocycles. The average molecular weight is 330 g/mol. The van der Waals surface area contributed by atoms with E-state index in [1.807, 2.05) is 19.2 Å². The topological polar surface area (TPSA) is 54.0 Å². The van der Waals surface area contributed by atoms with E-state index in [0.717, 1.165) is 25.1 Å². The maximum Gasteiger partial charge on any atom is 0.243 e. The lowest BCUT2D eigenvalue weighted by molar-refractivity contribution is -0.117. The van der Waals surface area contributed by atoms with E-state index < -0.39 is 4.75 Å². The summed E-state index contributed by atoms with van der Waals surface area (Å²) in [5.41, 5.74) is 1.01. The molecule has 0 saturated carbocycles. The first-order valence-corrected chi connectivity index (χ1v) is 9.04. The van der Waals surface area contributed by atoms with Gasteiger partial charge in [-0.2, -0.15) is 0 Å². The molecule has 0 bridgehead atoms. The molecule has 21 heavy (non-hydrogen) atoms. The normalized spacial score (nSPS) is 12.5. The number of thiazole rings is 1. The monoisotopic (exact) mass is 329 g/mol. The SMILES string of the molecule is CCCCNSC(C)(C)C(=O)Nc1nc(C(C)(C)C)cs1. The molecule has 6 heteroatoms. The maximum absolute atomic E-state index is 12.4. The van der Waals surface area contributed by atoms with Crippen LogP contribution in [0.1, 0.15) is 60.1 Å². The van der Waals surface area contributed by atoms with Crippen molar-refractivity contribution >= 4 is 34.3 Å². The van der Waals surface area contributed by atoms with Crippen molar-refractivity contribution in [2.45, 2.75) is 64.5 Å². The van der Waals surface area contributed by atoms with Crippen LogP contribution in [0, 0.1) is 0 Å². The number of hydrogen-bond donors (Lipinski definition) is 2. The van der Waals surface area contributed by atoms with Crippen molar-refractivity contribution in [1.29, 1.82) is 0 Å². The minimum Gasteiger partial charge on any atom is -0.301 e. The summed E-state index contributed by atoms with van der Waals surface area (Å²) in [5.74, 6) is -0.0219. The van der Waals surface area contributed by atoms with Crippen molar-refractivity contribution in [3.8, 4) is 0 Å². The highest BCUT2D eigenvalue weighted by molar-refractivity contribution is 7.99. The number of amides is 1. The molecule has 0 fully saturated rings. The van der Waals surface area contributed by atoms with Gasteiger partial charge in [-0.25, -0.2) is 4.98 Å². The molecule has 0 aliphatic heterocycles. The number of carbonyl (C=O) groups is 1. The number of rotatable bonds is 7. The third kappa shape index (κ3) is 5.96. The first-order chi connectivity index (χ1) is 9.66. The second kappa shape index (κ2) is 7.61. The van der Waals surface area contributed by atoms with Crippen molar-refractivity contribution in [1.82, 2.24) is 9.71 Å². The zero-order valence-corrected chi connectivity index (χ0v) is 15.5. The van der Waals surface area contributed by atoms with Crippen LogP contribution in [0.25, 0.3) is 0 Å². The highest BCUT2D eigenvalue weighted by Gasteiger charge is 2.29. The van der Waals surface area contributed by atoms with Crippen LogP contribution in [0.3, 0.4) is 0 Å². The van der Waals surface area contributed by atoms with Gasteiger partial charge in [0, 0.05) is 17.3 Å². The summed E-state index contributed by atoms with van der Waals surface area (Å²) < 4.78 is 2.74. The summed E-state index contributed by atoms with van der Waals surface area (Å²) >= 11 is 2.95. The van der Waals surface area contributed by atoms with E-state index in [2.05, 4.69) is 42.7 Å². The van der Waals surface area contributed by atoms with E-state index in [-0.39, 0.29) is 11.3 Å². The quantitative estimate of drug-likeness (QED) is 0.581. The zero-order chi connectivity index (χ0) is 16.1. The van der Waals surface area contributed by atoms with Gasteiger partial charge in [-0.15, -0.1) is 11.3 Å². The number of anilines is 1. The number of aromatic nitrogens is 1. The largest absolute Gasteiger partial charge is 0.301 e. The summed E-state index contributed by atoms with van der Waals surface area (Å²) in [6.07, 6.45) is 2.26. The van der Waals surface area contributed by atoms with Crippen LogP contribution < -0.4 is 10.0 Å². The average Bonchev–Trinajstić information content (AvgIpc) is 2.83. The van der Waals surface area contributed by atoms with Crippen LogP contribution in [-0.2, 0) is 10.2 Å². The van der Waals surface area contributed by atoms with Crippen LogP contribution in [0.2, 0.25) is 0 Å². The molecule has 0 spiro atoms. The Morgan fingerprint density at radius 3 is 2.52 bits per heavy atom. The molecule has 0 unspecified atom stereocenters. The van der Waals surface area contributed by atoms with E-state index >= 15 is 0 Å². The summed E-state index contributed by atoms with van der Waals surface area (Å²) in [5, 5.41) is 5.61. The van der Waals surface area contributed by atoms with Crippen LogP contribution in [0.5, 0.6) is 0 Å². The molecule has 0 atom stereocenters. The molecular formula is C15H27N3OS2. The molecule has 120 valence electrons. The molecule has 1 aromatic rings. The lowest BCUT2D eigenvalue weighted by Crippen LogP contribution is -2.36. The summed E-state index contributed by atoms with van der Waals surface area (Å²) in [6, 6.07) is 0. The first-order valence-electron chi connectivity index (χ1n) is 7.35. The molecule has 4 nitrogen and oxygen atoms in total. The van der Waals surface area contributed by atoms with Gasteiger partial charge in [-0.1, -0.05) is 46.1 Å². The Hall–Kier alpha value is -0.590. The van der Waals surface area contributed by atoms with E-state index in [1.165, 1.54) is 23.3 Å². The fraction of sp³-hybridized carbons (Fsp3) is 0.733. The standard InChI is InChI=1S/C15H27N3OS2/c1-7-8-9-16-21-15(5,6)12(19)18-13-17-11(10-20-13)14(2,3)4/h10,16H,7-9H2,1-6H3,(H,17,18,19). The molecule has 1 aromatic heterocycles. The molecule has 0 aliphatic rings. The molecule has 0 radical (unpaired) electrons. The number of unbranched alkanes of at least 4 members (excludes halogenated alkanes) is 1. The van der Waals surface area contributed by atoms with Gasteiger partial charge >= 0.3 is 0 Å². The highest BCUT2D eigenvalue weighted by Crippen LogP contribution is 2.28. The van der Waals surface area contributed by atoms with E-state index in [0.29, 0.717) is 5.13 Å². The first kappa shape index (κ1) is 18.5. The number of hydrogen-bond acceptors (Lipinski definition) is 5. The van der Waals surface area contributed by atoms with Gasteiger partial charge in [-0.05, 0) is 20.3 Å². The predicted octanol–water partition coefficient (Wildman–Crippen LogP) is 4.20. The summed E-state index contributed by atoms with van der Waals surface area (Å²) in [6.45, 7) is 13.3. The Morgan fingerprint density at radius 1 is 1.33 bits per heavy atom. The van der Waals surface area contributed by atoms with Crippen LogP contribution >= 0.6 is 23.3 Å². The fourth-order valence-electron chi connectivity index (χ4n) is 1.45. The minimum atomic E-state index is -0.526. The molecule has 1 heterocycles. The Balaban J connectivity index is 2.57. The Labute approximate surface area is 136 Å². The third-order valence-electron chi connectivity index (χ3n) is 3.00.